The smallest absolute Gasteiger partial charge is 0.273 e. The van der Waals surface area contributed by atoms with Crippen molar-refractivity contribution in [1.29, 1.82) is 0 Å². The number of carbonyl (C=O) groups excluding carboxylic acids is 1. The van der Waals surface area contributed by atoms with E-state index in [0.29, 0.717) is 22.2 Å². The lowest BCUT2D eigenvalue weighted by Crippen LogP contribution is -2.22. The van der Waals surface area contributed by atoms with Gasteiger partial charge in [0, 0.05) is 10.6 Å². The van der Waals surface area contributed by atoms with Gasteiger partial charge in [0.05, 0.1) is 17.8 Å². The van der Waals surface area contributed by atoms with Gasteiger partial charge in [0.2, 0.25) is 11.7 Å². The zero-order chi connectivity index (χ0) is 22.2. The highest BCUT2D eigenvalue weighted by Gasteiger charge is 2.19. The number of aromatic nitrogens is 4. The molecule has 0 atom stereocenters. The molecule has 0 radical (unpaired) electrons. The summed E-state index contributed by atoms with van der Waals surface area (Å²) in [5.74, 6) is 0.544. The van der Waals surface area contributed by atoms with E-state index in [1.54, 1.807) is 15.9 Å². The van der Waals surface area contributed by atoms with Gasteiger partial charge in [-0.05, 0) is 48.4 Å². The molecule has 7 nitrogen and oxygen atoms in total. The Morgan fingerprint density at radius 3 is 2.78 bits per heavy atom. The molecule has 0 saturated heterocycles. The molecule has 1 N–H and O–H groups in total. The average Bonchev–Trinajstić information content (AvgIpc) is 3.52. The summed E-state index contributed by atoms with van der Waals surface area (Å²) in [6.07, 6.45) is 0. The number of thioether (sulfide) groups is 1. The molecule has 0 bridgehead atoms. The maximum absolute atomic E-state index is 13.1. The average molecular weight is 482 g/mol. The molecule has 5 rings (SSSR count). The van der Waals surface area contributed by atoms with Crippen molar-refractivity contribution >= 4 is 62.0 Å². The minimum atomic E-state index is -0.118. The van der Waals surface area contributed by atoms with Crippen LogP contribution >= 0.6 is 34.4 Å². The maximum atomic E-state index is 13.1. The molecule has 4 heterocycles. The van der Waals surface area contributed by atoms with Gasteiger partial charge in [0.1, 0.15) is 4.70 Å². The monoisotopic (exact) mass is 481 g/mol. The Kier molecular flexibility index (Phi) is 5.58. The molecule has 162 valence electrons. The molecule has 0 aliphatic heterocycles. The van der Waals surface area contributed by atoms with Gasteiger partial charge in [-0.25, -0.2) is 0 Å². The number of anilines is 1. The predicted molar refractivity (Wildman–Crippen MR) is 131 cm³/mol. The topological polar surface area (TPSA) is 81.3 Å². The van der Waals surface area contributed by atoms with Crippen LogP contribution in [0.25, 0.3) is 16.0 Å². The minimum absolute atomic E-state index is 0.0764. The molecular formula is C22H19N5O2S3. The van der Waals surface area contributed by atoms with Crippen LogP contribution in [0.1, 0.15) is 16.0 Å². The molecule has 0 spiro atoms. The Balaban J connectivity index is 1.45. The molecule has 1 amide bonds. The zero-order valence-electron chi connectivity index (χ0n) is 17.4. The normalized spacial score (nSPS) is 11.4. The number of thiophene rings is 2. The van der Waals surface area contributed by atoms with E-state index in [4.69, 9.17) is 0 Å². The van der Waals surface area contributed by atoms with Crippen LogP contribution < -0.4 is 10.9 Å². The van der Waals surface area contributed by atoms with Gasteiger partial charge in [0.15, 0.2) is 5.16 Å². The van der Waals surface area contributed by atoms with Crippen molar-refractivity contribution in [2.75, 3.05) is 11.1 Å². The first-order valence-electron chi connectivity index (χ1n) is 9.88. The highest BCUT2D eigenvalue weighted by atomic mass is 32.2. The number of nitrogens with one attached hydrogen (secondary N) is 1. The lowest BCUT2D eigenvalue weighted by atomic mass is 10.1. The van der Waals surface area contributed by atoms with Gasteiger partial charge in [-0.3, -0.25) is 18.6 Å². The molecule has 0 aliphatic carbocycles. The van der Waals surface area contributed by atoms with Gasteiger partial charge in [-0.1, -0.05) is 35.5 Å². The third-order valence-electron chi connectivity index (χ3n) is 5.06. The molecule has 5 aromatic rings. The summed E-state index contributed by atoms with van der Waals surface area (Å²) in [7, 11) is 0. The first-order chi connectivity index (χ1) is 15.5. The predicted octanol–water partition coefficient (Wildman–Crippen LogP) is 4.56. The van der Waals surface area contributed by atoms with E-state index in [0.717, 1.165) is 27.2 Å². The first kappa shape index (κ1) is 20.9. The number of hydrogen-bond donors (Lipinski definition) is 1. The summed E-state index contributed by atoms with van der Waals surface area (Å²) in [5, 5.41) is 16.0. The Hall–Kier alpha value is -2.95. The summed E-state index contributed by atoms with van der Waals surface area (Å²) in [5.41, 5.74) is 3.66. The van der Waals surface area contributed by atoms with E-state index in [1.165, 1.54) is 23.1 Å². The minimum Gasteiger partial charge on any atom is -0.325 e. The van der Waals surface area contributed by atoms with Crippen molar-refractivity contribution in [3.63, 3.8) is 0 Å². The lowest BCUT2D eigenvalue weighted by Gasteiger charge is -2.10. The molecule has 4 aromatic heterocycles. The maximum Gasteiger partial charge on any atom is 0.273 e. The highest BCUT2D eigenvalue weighted by molar-refractivity contribution is 7.99. The Bertz CT molecular complexity index is 1500. The van der Waals surface area contributed by atoms with Crippen molar-refractivity contribution in [3.05, 3.63) is 73.5 Å². The fourth-order valence-electron chi connectivity index (χ4n) is 3.56. The molecule has 0 unspecified atom stereocenters. The van der Waals surface area contributed by atoms with Crippen molar-refractivity contribution in [1.82, 2.24) is 19.2 Å². The van der Waals surface area contributed by atoms with Crippen LogP contribution in [0.3, 0.4) is 0 Å². The largest absolute Gasteiger partial charge is 0.325 e. The van der Waals surface area contributed by atoms with Crippen molar-refractivity contribution < 1.29 is 4.79 Å². The van der Waals surface area contributed by atoms with E-state index in [9.17, 15) is 9.59 Å². The summed E-state index contributed by atoms with van der Waals surface area (Å²) in [4.78, 5) is 26.7. The lowest BCUT2D eigenvalue weighted by molar-refractivity contribution is -0.113. The molecule has 0 saturated carbocycles. The number of hydrogen-bond acceptors (Lipinski definition) is 7. The van der Waals surface area contributed by atoms with E-state index in [-0.39, 0.29) is 17.2 Å². The Morgan fingerprint density at radius 2 is 2.00 bits per heavy atom. The Morgan fingerprint density at radius 1 is 1.12 bits per heavy atom. The van der Waals surface area contributed by atoms with Crippen LogP contribution in [0.15, 0.2) is 57.1 Å². The number of aryl methyl sites for hydroxylation is 2. The molecule has 1 aromatic carbocycles. The summed E-state index contributed by atoms with van der Waals surface area (Å²) in [6, 6.07) is 11.8. The summed E-state index contributed by atoms with van der Waals surface area (Å²) < 4.78 is 4.17. The number of fused-ring (bicyclic) bond motifs is 3. The number of benzene rings is 1. The fraction of sp³-hybridized carbons (Fsp3) is 0.182. The molecule has 32 heavy (non-hydrogen) atoms. The SMILES string of the molecule is Cc1ccc(NC(=O)CSc2nnc3n(Cc4cccs4)c(=O)c4sccc4n23)c(C)c1. The van der Waals surface area contributed by atoms with Crippen molar-refractivity contribution in [2.45, 2.75) is 25.5 Å². The van der Waals surface area contributed by atoms with E-state index < -0.39 is 0 Å². The van der Waals surface area contributed by atoms with E-state index >= 15 is 0 Å². The second kappa shape index (κ2) is 8.53. The van der Waals surface area contributed by atoms with E-state index in [1.807, 2.05) is 65.4 Å². The van der Waals surface area contributed by atoms with Crippen LogP contribution in [0.5, 0.6) is 0 Å². The van der Waals surface area contributed by atoms with Gasteiger partial charge in [-0.15, -0.1) is 32.9 Å². The fourth-order valence-corrected chi connectivity index (χ4v) is 5.82. The van der Waals surface area contributed by atoms with Crippen LogP contribution in [0.2, 0.25) is 0 Å². The van der Waals surface area contributed by atoms with Crippen LogP contribution in [0, 0.1) is 13.8 Å². The number of rotatable bonds is 6. The summed E-state index contributed by atoms with van der Waals surface area (Å²) >= 11 is 4.30. The second-order valence-electron chi connectivity index (χ2n) is 7.38. The van der Waals surface area contributed by atoms with E-state index in [2.05, 4.69) is 15.5 Å². The number of carbonyl (C=O) groups is 1. The van der Waals surface area contributed by atoms with Crippen LogP contribution in [0.4, 0.5) is 5.69 Å². The van der Waals surface area contributed by atoms with Crippen molar-refractivity contribution in [3.8, 4) is 0 Å². The van der Waals surface area contributed by atoms with Crippen LogP contribution in [-0.2, 0) is 11.3 Å². The standard InChI is InChI=1S/C22H19N5O2S3/c1-13-5-6-16(14(2)10-13)23-18(28)12-32-22-25-24-21-26(11-15-4-3-8-30-15)20(29)19-17(27(21)22)7-9-31-19/h3-10H,11-12H2,1-2H3,(H,23,28). The van der Waals surface area contributed by atoms with Crippen molar-refractivity contribution in [2.24, 2.45) is 0 Å². The molecule has 10 heteroatoms. The summed E-state index contributed by atoms with van der Waals surface area (Å²) in [6.45, 7) is 4.43. The zero-order valence-corrected chi connectivity index (χ0v) is 19.8. The van der Waals surface area contributed by atoms with Gasteiger partial charge >= 0.3 is 0 Å². The highest BCUT2D eigenvalue weighted by Crippen LogP contribution is 2.25. The molecule has 0 fully saturated rings. The third kappa shape index (κ3) is 3.85. The number of nitrogens with zero attached hydrogens (tertiary/aromatic N) is 4. The first-order valence-corrected chi connectivity index (χ1v) is 12.6. The van der Waals surface area contributed by atoms with Crippen LogP contribution in [-0.4, -0.2) is 30.8 Å². The molecule has 0 aliphatic rings. The quantitative estimate of drug-likeness (QED) is 0.360. The number of amides is 1. The molecular weight excluding hydrogens is 462 g/mol. The van der Waals surface area contributed by atoms with Gasteiger partial charge in [0.25, 0.3) is 5.56 Å². The third-order valence-corrected chi connectivity index (χ3v) is 7.75. The Labute approximate surface area is 195 Å². The second-order valence-corrected chi connectivity index (χ2v) is 10.3. The van der Waals surface area contributed by atoms with Gasteiger partial charge in [-0.2, -0.15) is 0 Å². The van der Waals surface area contributed by atoms with Gasteiger partial charge < -0.3 is 5.32 Å².